The van der Waals surface area contributed by atoms with Crippen LogP contribution in [0.25, 0.3) is 0 Å². The van der Waals surface area contributed by atoms with Gasteiger partial charge in [-0.25, -0.2) is 4.98 Å². The quantitative estimate of drug-likeness (QED) is 0.802. The lowest BCUT2D eigenvalue weighted by Crippen LogP contribution is -2.43. The second-order valence-corrected chi connectivity index (χ2v) is 7.09. The molecule has 7 nitrogen and oxygen atoms in total. The van der Waals surface area contributed by atoms with Gasteiger partial charge in [0.25, 0.3) is 0 Å². The SMILES string of the molecule is CN1C(=O)C(N)COc2ccc(N3CCC4(CCOCC4)C3)nc21.Cl. The van der Waals surface area contributed by atoms with Crippen molar-refractivity contribution in [2.75, 3.05) is 49.8 Å². The van der Waals surface area contributed by atoms with Crippen LogP contribution in [0.4, 0.5) is 11.6 Å². The molecule has 25 heavy (non-hydrogen) atoms. The molecule has 3 aliphatic heterocycles. The average molecular weight is 369 g/mol. The number of aromatic nitrogens is 1. The summed E-state index contributed by atoms with van der Waals surface area (Å²) in [5.41, 5.74) is 6.19. The minimum Gasteiger partial charge on any atom is -0.488 e. The number of nitrogens with two attached hydrogens (primary N) is 1. The van der Waals surface area contributed by atoms with Crippen LogP contribution in [-0.4, -0.2) is 56.9 Å². The fourth-order valence-electron chi connectivity index (χ4n) is 3.90. The number of ether oxygens (including phenoxy) is 2. The van der Waals surface area contributed by atoms with E-state index in [1.165, 1.54) is 11.3 Å². The van der Waals surface area contributed by atoms with Gasteiger partial charge in [-0.3, -0.25) is 9.69 Å². The number of halogens is 1. The predicted molar refractivity (Wildman–Crippen MR) is 97.7 cm³/mol. The van der Waals surface area contributed by atoms with Crippen LogP contribution in [-0.2, 0) is 9.53 Å². The Morgan fingerprint density at radius 1 is 1.28 bits per heavy atom. The first-order valence-electron chi connectivity index (χ1n) is 8.58. The average Bonchev–Trinajstić information content (AvgIpc) is 2.97. The van der Waals surface area contributed by atoms with Crippen molar-refractivity contribution in [3.8, 4) is 5.75 Å². The molecular formula is C17H25ClN4O3. The van der Waals surface area contributed by atoms with Crippen molar-refractivity contribution in [2.24, 2.45) is 11.1 Å². The van der Waals surface area contributed by atoms with Gasteiger partial charge in [0.1, 0.15) is 18.5 Å². The number of hydrogen-bond acceptors (Lipinski definition) is 6. The number of rotatable bonds is 1. The molecule has 4 rings (SSSR count). The topological polar surface area (TPSA) is 80.9 Å². The molecule has 2 fully saturated rings. The Bertz CT molecular complexity index is 651. The third-order valence-electron chi connectivity index (χ3n) is 5.52. The molecule has 1 aromatic heterocycles. The summed E-state index contributed by atoms with van der Waals surface area (Å²) in [6, 6.07) is 3.23. The van der Waals surface area contributed by atoms with E-state index in [9.17, 15) is 4.79 Å². The highest BCUT2D eigenvalue weighted by Crippen LogP contribution is 2.42. The fraction of sp³-hybridized carbons (Fsp3) is 0.647. The molecule has 3 aliphatic rings. The van der Waals surface area contributed by atoms with Crippen LogP contribution in [0.15, 0.2) is 12.1 Å². The number of fused-ring (bicyclic) bond motifs is 1. The van der Waals surface area contributed by atoms with Gasteiger partial charge < -0.3 is 20.1 Å². The normalized spacial score (nSPS) is 25.2. The van der Waals surface area contributed by atoms with Gasteiger partial charge in [0.05, 0.1) is 0 Å². The lowest BCUT2D eigenvalue weighted by Gasteiger charge is -2.33. The van der Waals surface area contributed by atoms with Gasteiger partial charge in [0, 0.05) is 33.4 Å². The maximum absolute atomic E-state index is 12.2. The molecule has 0 aromatic carbocycles. The van der Waals surface area contributed by atoms with Crippen LogP contribution >= 0.6 is 12.4 Å². The lowest BCUT2D eigenvalue weighted by molar-refractivity contribution is -0.119. The number of carbonyl (C=O) groups excluding carboxylic acids is 1. The van der Waals surface area contributed by atoms with Gasteiger partial charge in [0.15, 0.2) is 11.6 Å². The maximum atomic E-state index is 12.2. The Morgan fingerprint density at radius 2 is 2.04 bits per heavy atom. The van der Waals surface area contributed by atoms with Gasteiger partial charge in [0.2, 0.25) is 5.91 Å². The zero-order valence-electron chi connectivity index (χ0n) is 14.4. The summed E-state index contributed by atoms with van der Waals surface area (Å²) in [6.45, 7) is 3.89. The van der Waals surface area contributed by atoms with Crippen molar-refractivity contribution in [3.05, 3.63) is 12.1 Å². The molecule has 1 unspecified atom stereocenters. The summed E-state index contributed by atoms with van der Waals surface area (Å²) in [7, 11) is 1.70. The van der Waals surface area contributed by atoms with Crippen LogP contribution in [0.5, 0.6) is 5.75 Å². The van der Waals surface area contributed by atoms with Crippen molar-refractivity contribution < 1.29 is 14.3 Å². The molecule has 2 N–H and O–H groups in total. The molecular weight excluding hydrogens is 344 g/mol. The van der Waals surface area contributed by atoms with Crippen molar-refractivity contribution in [1.29, 1.82) is 0 Å². The van der Waals surface area contributed by atoms with Crippen molar-refractivity contribution in [3.63, 3.8) is 0 Å². The first-order chi connectivity index (χ1) is 11.6. The number of anilines is 2. The number of likely N-dealkylation sites (N-methyl/N-ethyl adjacent to an activating group) is 1. The number of nitrogens with zero attached hydrogens (tertiary/aromatic N) is 3. The molecule has 138 valence electrons. The third kappa shape index (κ3) is 3.28. The van der Waals surface area contributed by atoms with Crippen molar-refractivity contribution >= 4 is 29.9 Å². The van der Waals surface area contributed by atoms with E-state index in [1.54, 1.807) is 7.05 Å². The van der Waals surface area contributed by atoms with Crippen LogP contribution in [0, 0.1) is 5.41 Å². The van der Waals surface area contributed by atoms with Crippen molar-refractivity contribution in [1.82, 2.24) is 4.98 Å². The number of hydrogen-bond donors (Lipinski definition) is 1. The maximum Gasteiger partial charge on any atom is 0.248 e. The molecule has 1 aromatic rings. The zero-order valence-corrected chi connectivity index (χ0v) is 15.3. The molecule has 1 atom stereocenters. The molecule has 1 amide bonds. The Hall–Kier alpha value is -1.57. The molecule has 0 aliphatic carbocycles. The van der Waals surface area contributed by atoms with E-state index in [2.05, 4.69) is 4.90 Å². The highest BCUT2D eigenvalue weighted by atomic mass is 35.5. The van der Waals surface area contributed by atoms with Gasteiger partial charge in [-0.1, -0.05) is 0 Å². The van der Waals surface area contributed by atoms with E-state index in [1.807, 2.05) is 12.1 Å². The molecule has 0 radical (unpaired) electrons. The van der Waals surface area contributed by atoms with E-state index < -0.39 is 6.04 Å². The Labute approximate surface area is 153 Å². The summed E-state index contributed by atoms with van der Waals surface area (Å²) in [5, 5.41) is 0. The first kappa shape index (κ1) is 18.2. The van der Waals surface area contributed by atoms with Gasteiger partial charge in [-0.2, -0.15) is 0 Å². The summed E-state index contributed by atoms with van der Waals surface area (Å²) in [4.78, 5) is 20.8. The Morgan fingerprint density at radius 3 is 2.80 bits per heavy atom. The zero-order chi connectivity index (χ0) is 16.7. The smallest absolute Gasteiger partial charge is 0.248 e. The summed E-state index contributed by atoms with van der Waals surface area (Å²) in [6.07, 6.45) is 3.40. The molecule has 4 heterocycles. The highest BCUT2D eigenvalue weighted by Gasteiger charge is 2.40. The molecule has 0 bridgehead atoms. The van der Waals surface area contributed by atoms with E-state index in [0.29, 0.717) is 17.0 Å². The third-order valence-corrected chi connectivity index (χ3v) is 5.52. The van der Waals surface area contributed by atoms with Gasteiger partial charge >= 0.3 is 0 Å². The van der Waals surface area contributed by atoms with E-state index in [4.69, 9.17) is 20.2 Å². The standard InChI is InChI=1S/C17H24N4O3.ClH/c1-20-15-13(24-10-12(18)16(20)22)2-3-14(19-15)21-7-4-17(11-21)5-8-23-9-6-17;/h2-3,12H,4-11,18H2,1H3;1H. The summed E-state index contributed by atoms with van der Waals surface area (Å²) in [5.74, 6) is 1.90. The number of amides is 1. The van der Waals surface area contributed by atoms with Gasteiger partial charge in [-0.15, -0.1) is 12.4 Å². The second-order valence-electron chi connectivity index (χ2n) is 7.09. The predicted octanol–water partition coefficient (Wildman–Crippen LogP) is 1.19. The molecule has 0 saturated carbocycles. The fourth-order valence-corrected chi connectivity index (χ4v) is 3.90. The monoisotopic (exact) mass is 368 g/mol. The molecule has 2 saturated heterocycles. The number of pyridine rings is 1. The Kier molecular flexibility index (Phi) is 5.09. The van der Waals surface area contributed by atoms with Crippen LogP contribution in [0.2, 0.25) is 0 Å². The van der Waals surface area contributed by atoms with Crippen LogP contribution in [0.1, 0.15) is 19.3 Å². The van der Waals surface area contributed by atoms with Gasteiger partial charge in [-0.05, 0) is 36.8 Å². The largest absolute Gasteiger partial charge is 0.488 e. The minimum absolute atomic E-state index is 0. The summed E-state index contributed by atoms with van der Waals surface area (Å²) >= 11 is 0. The van der Waals surface area contributed by atoms with Crippen molar-refractivity contribution in [2.45, 2.75) is 25.3 Å². The minimum atomic E-state index is -0.648. The molecule has 8 heteroatoms. The Balaban J connectivity index is 0.00000182. The molecule has 1 spiro atoms. The van der Waals surface area contributed by atoms with Crippen LogP contribution < -0.4 is 20.3 Å². The van der Waals surface area contributed by atoms with E-state index in [0.717, 1.165) is 45.0 Å². The number of carbonyl (C=O) groups is 1. The van der Waals surface area contributed by atoms with E-state index >= 15 is 0 Å². The highest BCUT2D eigenvalue weighted by molar-refractivity contribution is 5.97. The summed E-state index contributed by atoms with van der Waals surface area (Å²) < 4.78 is 11.2. The first-order valence-corrected chi connectivity index (χ1v) is 8.58. The van der Waals surface area contributed by atoms with E-state index in [-0.39, 0.29) is 24.9 Å². The lowest BCUT2D eigenvalue weighted by atomic mass is 9.80. The second kappa shape index (κ2) is 6.97. The van der Waals surface area contributed by atoms with Crippen LogP contribution in [0.3, 0.4) is 0 Å².